The van der Waals surface area contributed by atoms with E-state index in [0.29, 0.717) is 11.3 Å². The monoisotopic (exact) mass is 434 g/mol. The first-order valence-electron chi connectivity index (χ1n) is 9.92. The molecule has 7 heteroatoms. The highest BCUT2D eigenvalue weighted by Gasteiger charge is 2.35. The molecule has 4 nitrogen and oxygen atoms in total. The van der Waals surface area contributed by atoms with E-state index < -0.39 is 6.36 Å². The Balaban J connectivity index is 1.93. The van der Waals surface area contributed by atoms with Gasteiger partial charge in [0, 0.05) is 18.6 Å². The van der Waals surface area contributed by atoms with E-state index in [-0.39, 0.29) is 29.9 Å². The summed E-state index contributed by atoms with van der Waals surface area (Å²) in [5.41, 5.74) is 4.71. The van der Waals surface area contributed by atoms with Gasteiger partial charge in [-0.1, -0.05) is 24.8 Å². The zero-order valence-electron chi connectivity index (χ0n) is 17.7. The first-order chi connectivity index (χ1) is 14.7. The van der Waals surface area contributed by atoms with Gasteiger partial charge in [0.15, 0.2) is 0 Å². The molecular formula is C24H25F3O4. The minimum Gasteiger partial charge on any atom is -0.488 e. The number of alkyl halides is 3. The van der Waals surface area contributed by atoms with Gasteiger partial charge in [-0.2, -0.15) is 0 Å². The molecule has 2 aromatic carbocycles. The first kappa shape index (κ1) is 22.9. The van der Waals surface area contributed by atoms with E-state index in [9.17, 15) is 18.0 Å². The SMILES string of the molecule is C=C(C=O)C1CCc2c(C)cc(OCc3ccccc3OC(F)(F)F)c(C)c2[C@@H]1OC. The quantitative estimate of drug-likeness (QED) is 0.409. The molecule has 0 saturated carbocycles. The molecule has 0 aromatic heterocycles. The number of carbonyl (C=O) groups is 1. The second-order valence-corrected chi connectivity index (χ2v) is 7.65. The molecule has 2 atom stereocenters. The summed E-state index contributed by atoms with van der Waals surface area (Å²) in [7, 11) is 1.60. The number of carbonyl (C=O) groups excluding carboxylic acids is 1. The van der Waals surface area contributed by atoms with Gasteiger partial charge in [0.25, 0.3) is 0 Å². The highest BCUT2D eigenvalue weighted by atomic mass is 19.4. The van der Waals surface area contributed by atoms with Crippen LogP contribution >= 0.6 is 0 Å². The molecule has 0 spiro atoms. The number of benzene rings is 2. The van der Waals surface area contributed by atoms with Crippen molar-refractivity contribution in [1.82, 2.24) is 0 Å². The van der Waals surface area contributed by atoms with Crippen LogP contribution in [0.2, 0.25) is 0 Å². The minimum absolute atomic E-state index is 0.0898. The Morgan fingerprint density at radius 1 is 1.23 bits per heavy atom. The number of aryl methyl sites for hydroxylation is 1. The van der Waals surface area contributed by atoms with Crippen LogP contribution in [0.4, 0.5) is 13.2 Å². The molecule has 0 heterocycles. The predicted octanol–water partition coefficient (Wildman–Crippen LogP) is 5.79. The van der Waals surface area contributed by atoms with E-state index in [1.54, 1.807) is 13.2 Å². The van der Waals surface area contributed by atoms with E-state index in [4.69, 9.17) is 9.47 Å². The number of ether oxygens (including phenoxy) is 3. The van der Waals surface area contributed by atoms with Crippen LogP contribution in [0, 0.1) is 19.8 Å². The molecule has 3 rings (SSSR count). The molecule has 0 fully saturated rings. The third-order valence-electron chi connectivity index (χ3n) is 5.74. The molecule has 1 unspecified atom stereocenters. The topological polar surface area (TPSA) is 44.8 Å². The zero-order chi connectivity index (χ0) is 22.8. The lowest BCUT2D eigenvalue weighted by Gasteiger charge is -2.35. The smallest absolute Gasteiger partial charge is 0.488 e. The van der Waals surface area contributed by atoms with Gasteiger partial charge in [0.2, 0.25) is 0 Å². The number of para-hydroxylation sites is 1. The summed E-state index contributed by atoms with van der Waals surface area (Å²) in [4.78, 5) is 11.3. The van der Waals surface area contributed by atoms with E-state index in [1.807, 2.05) is 19.9 Å². The Morgan fingerprint density at radius 3 is 2.58 bits per heavy atom. The number of hydrogen-bond donors (Lipinski definition) is 0. The molecule has 0 radical (unpaired) electrons. The summed E-state index contributed by atoms with van der Waals surface area (Å²) >= 11 is 0. The minimum atomic E-state index is -4.78. The molecule has 0 aliphatic heterocycles. The largest absolute Gasteiger partial charge is 0.573 e. The molecule has 0 amide bonds. The number of methoxy groups -OCH3 is 1. The third kappa shape index (κ3) is 4.93. The molecule has 0 saturated heterocycles. The van der Waals surface area contributed by atoms with Crippen LogP contribution in [-0.2, 0) is 22.6 Å². The van der Waals surface area contributed by atoms with Crippen molar-refractivity contribution in [2.45, 2.75) is 45.8 Å². The first-order valence-corrected chi connectivity index (χ1v) is 9.92. The second-order valence-electron chi connectivity index (χ2n) is 7.65. The van der Waals surface area contributed by atoms with Crippen LogP contribution in [-0.4, -0.2) is 19.8 Å². The molecule has 1 aliphatic rings. The van der Waals surface area contributed by atoms with Crippen molar-refractivity contribution in [3.63, 3.8) is 0 Å². The number of halogens is 3. The summed E-state index contributed by atoms with van der Waals surface area (Å²) in [6.45, 7) is 7.64. The number of hydrogen-bond acceptors (Lipinski definition) is 4. The summed E-state index contributed by atoms with van der Waals surface area (Å²) < 4.78 is 53.9. The summed E-state index contributed by atoms with van der Waals surface area (Å²) in [6.07, 6.45) is -2.82. The zero-order valence-corrected chi connectivity index (χ0v) is 17.7. The maximum absolute atomic E-state index is 12.7. The van der Waals surface area contributed by atoms with Crippen molar-refractivity contribution in [3.05, 3.63) is 70.3 Å². The lowest BCUT2D eigenvalue weighted by atomic mass is 9.75. The molecular weight excluding hydrogens is 409 g/mol. The van der Waals surface area contributed by atoms with E-state index in [2.05, 4.69) is 11.3 Å². The standard InChI is InChI=1S/C24H25F3O4/c1-14-11-21(30-13-17-7-5-6-8-20(17)31-24(25,26)27)16(3)22-18(14)9-10-19(15(2)12-28)23(22)29-4/h5-8,11-12,19,23H,2,9-10,13H2,1,3-4H3/t19?,23-/m1/s1. The average molecular weight is 434 g/mol. The molecule has 31 heavy (non-hydrogen) atoms. The summed E-state index contributed by atoms with van der Waals surface area (Å²) in [5.74, 6) is 0.126. The average Bonchev–Trinajstić information content (AvgIpc) is 2.73. The molecule has 0 bridgehead atoms. The normalized spacial score (nSPS) is 18.3. The Labute approximate surface area is 179 Å². The van der Waals surface area contributed by atoms with Crippen LogP contribution in [0.15, 0.2) is 42.5 Å². The third-order valence-corrected chi connectivity index (χ3v) is 5.74. The maximum Gasteiger partial charge on any atom is 0.573 e. The molecule has 1 aliphatic carbocycles. The van der Waals surface area contributed by atoms with E-state index in [0.717, 1.165) is 41.4 Å². The molecule has 0 N–H and O–H groups in total. The van der Waals surface area contributed by atoms with Crippen molar-refractivity contribution >= 4 is 6.29 Å². The van der Waals surface area contributed by atoms with Crippen LogP contribution in [0.3, 0.4) is 0 Å². The van der Waals surface area contributed by atoms with Gasteiger partial charge < -0.3 is 14.2 Å². The highest BCUT2D eigenvalue weighted by Crippen LogP contribution is 2.45. The van der Waals surface area contributed by atoms with E-state index in [1.165, 1.54) is 18.2 Å². The number of fused-ring (bicyclic) bond motifs is 1. The van der Waals surface area contributed by atoms with Crippen LogP contribution in [0.25, 0.3) is 0 Å². The van der Waals surface area contributed by atoms with Gasteiger partial charge in [0.05, 0.1) is 6.10 Å². The van der Waals surface area contributed by atoms with Crippen LogP contribution in [0.5, 0.6) is 11.5 Å². The lowest BCUT2D eigenvalue weighted by molar-refractivity contribution is -0.275. The Hall–Kier alpha value is -2.80. The Morgan fingerprint density at radius 2 is 1.94 bits per heavy atom. The van der Waals surface area contributed by atoms with Crippen molar-refractivity contribution in [2.24, 2.45) is 5.92 Å². The molecule has 166 valence electrons. The van der Waals surface area contributed by atoms with Gasteiger partial charge in [-0.25, -0.2) is 0 Å². The number of rotatable bonds is 7. The van der Waals surface area contributed by atoms with E-state index >= 15 is 0 Å². The maximum atomic E-state index is 12.7. The van der Waals surface area contributed by atoms with Crippen LogP contribution in [0.1, 0.15) is 40.3 Å². The van der Waals surface area contributed by atoms with Gasteiger partial charge in [-0.05, 0) is 66.6 Å². The fourth-order valence-electron chi connectivity index (χ4n) is 4.23. The highest BCUT2D eigenvalue weighted by molar-refractivity contribution is 5.73. The fraction of sp³-hybridized carbons (Fsp3) is 0.375. The van der Waals surface area contributed by atoms with Crippen molar-refractivity contribution < 1.29 is 32.2 Å². The lowest BCUT2D eigenvalue weighted by Crippen LogP contribution is -2.26. The van der Waals surface area contributed by atoms with Gasteiger partial charge in [-0.3, -0.25) is 4.79 Å². The van der Waals surface area contributed by atoms with Gasteiger partial charge in [-0.15, -0.1) is 13.2 Å². The summed E-state index contributed by atoms with van der Waals surface area (Å²) in [5, 5.41) is 0. The number of aldehydes is 1. The van der Waals surface area contributed by atoms with Crippen molar-refractivity contribution in [3.8, 4) is 11.5 Å². The fourth-order valence-corrected chi connectivity index (χ4v) is 4.23. The molecule has 2 aromatic rings. The Kier molecular flexibility index (Phi) is 6.74. The predicted molar refractivity (Wildman–Crippen MR) is 110 cm³/mol. The Bertz CT molecular complexity index is 982. The van der Waals surface area contributed by atoms with Gasteiger partial charge >= 0.3 is 6.36 Å². The second kappa shape index (κ2) is 9.14. The summed E-state index contributed by atoms with van der Waals surface area (Å²) in [6, 6.07) is 7.78. The van der Waals surface area contributed by atoms with Crippen molar-refractivity contribution in [1.29, 1.82) is 0 Å². The van der Waals surface area contributed by atoms with Gasteiger partial charge in [0.1, 0.15) is 24.4 Å². The van der Waals surface area contributed by atoms with Crippen LogP contribution < -0.4 is 9.47 Å². The van der Waals surface area contributed by atoms with Crippen molar-refractivity contribution in [2.75, 3.05) is 7.11 Å².